The third-order valence-corrected chi connectivity index (χ3v) is 5.70. The molecule has 3 aromatic carbocycles. The quantitative estimate of drug-likeness (QED) is 0.600. The summed E-state index contributed by atoms with van der Waals surface area (Å²) in [6.07, 6.45) is 0.758. The van der Waals surface area contributed by atoms with Gasteiger partial charge in [0.05, 0.1) is 4.90 Å². The Bertz CT molecular complexity index is 1080. The molecule has 0 atom stereocenters. The highest BCUT2D eigenvalue weighted by molar-refractivity contribution is 7.92. The van der Waals surface area contributed by atoms with Gasteiger partial charge in [0, 0.05) is 17.8 Å². The Hall–Kier alpha value is -3.19. The Morgan fingerprint density at radius 2 is 1.45 bits per heavy atom. The lowest BCUT2D eigenvalue weighted by atomic mass is 10.1. The molecule has 0 aliphatic carbocycles. The van der Waals surface area contributed by atoms with Crippen molar-refractivity contribution in [3.05, 3.63) is 89.7 Å². The Kier molecular flexibility index (Phi) is 6.29. The number of amides is 1. The smallest absolute Gasteiger partial charge is 0.261 e. The maximum atomic E-state index is 12.9. The van der Waals surface area contributed by atoms with Crippen LogP contribution in [0.1, 0.15) is 17.5 Å². The summed E-state index contributed by atoms with van der Waals surface area (Å²) in [7, 11) is -3.67. The number of carbonyl (C=O) groups excluding carboxylic acids is 1. The molecule has 0 aliphatic heterocycles. The van der Waals surface area contributed by atoms with Crippen molar-refractivity contribution in [2.24, 2.45) is 0 Å². The zero-order chi connectivity index (χ0) is 20.9. The van der Waals surface area contributed by atoms with E-state index in [0.29, 0.717) is 17.8 Å². The van der Waals surface area contributed by atoms with Gasteiger partial charge in [-0.25, -0.2) is 12.8 Å². The molecule has 3 rings (SSSR count). The van der Waals surface area contributed by atoms with E-state index in [0.717, 1.165) is 11.1 Å². The number of hydrogen-bond donors (Lipinski definition) is 2. The van der Waals surface area contributed by atoms with E-state index in [2.05, 4.69) is 10.0 Å². The molecule has 3 aromatic rings. The van der Waals surface area contributed by atoms with Crippen molar-refractivity contribution in [3.63, 3.8) is 0 Å². The average molecular weight is 412 g/mol. The van der Waals surface area contributed by atoms with Gasteiger partial charge in [0.15, 0.2) is 0 Å². The van der Waals surface area contributed by atoms with Crippen molar-refractivity contribution >= 4 is 27.3 Å². The summed E-state index contributed by atoms with van der Waals surface area (Å²) < 4.78 is 40.2. The first kappa shape index (κ1) is 20.5. The Labute approximate surface area is 169 Å². The molecule has 0 bridgehead atoms. The number of aryl methyl sites for hydroxylation is 2. The van der Waals surface area contributed by atoms with E-state index < -0.39 is 10.0 Å². The SMILES string of the molecule is Cc1ccc(S(=O)(=O)Nc2ccc(NC(=O)CCc3ccc(F)cc3)cc2)cc1. The lowest BCUT2D eigenvalue weighted by molar-refractivity contribution is -0.116. The fourth-order valence-corrected chi connectivity index (χ4v) is 3.74. The van der Waals surface area contributed by atoms with Gasteiger partial charge in [0.2, 0.25) is 5.91 Å². The molecule has 0 saturated carbocycles. The van der Waals surface area contributed by atoms with Crippen LogP contribution >= 0.6 is 0 Å². The Balaban J connectivity index is 1.56. The number of carbonyl (C=O) groups is 1. The summed E-state index contributed by atoms with van der Waals surface area (Å²) in [4.78, 5) is 12.3. The van der Waals surface area contributed by atoms with Gasteiger partial charge in [0.1, 0.15) is 5.82 Å². The number of hydrogen-bond acceptors (Lipinski definition) is 3. The number of sulfonamides is 1. The number of anilines is 2. The molecular weight excluding hydrogens is 391 g/mol. The van der Waals surface area contributed by atoms with Gasteiger partial charge in [-0.2, -0.15) is 0 Å². The van der Waals surface area contributed by atoms with Gasteiger partial charge < -0.3 is 5.32 Å². The van der Waals surface area contributed by atoms with Crippen molar-refractivity contribution in [2.45, 2.75) is 24.7 Å². The van der Waals surface area contributed by atoms with E-state index >= 15 is 0 Å². The minimum atomic E-state index is -3.67. The first-order valence-corrected chi connectivity index (χ1v) is 10.5. The molecule has 2 N–H and O–H groups in total. The molecule has 0 aromatic heterocycles. The third-order valence-electron chi connectivity index (χ3n) is 4.31. The number of rotatable bonds is 7. The van der Waals surface area contributed by atoms with Crippen molar-refractivity contribution in [3.8, 4) is 0 Å². The van der Waals surface area contributed by atoms with E-state index in [-0.39, 0.29) is 23.0 Å². The average Bonchev–Trinajstić information content (AvgIpc) is 2.69. The van der Waals surface area contributed by atoms with Crippen LogP contribution in [0.25, 0.3) is 0 Å². The first-order chi connectivity index (χ1) is 13.8. The second kappa shape index (κ2) is 8.87. The van der Waals surface area contributed by atoms with Gasteiger partial charge in [-0.15, -0.1) is 0 Å². The van der Waals surface area contributed by atoms with Crippen molar-refractivity contribution < 1.29 is 17.6 Å². The van der Waals surface area contributed by atoms with Crippen molar-refractivity contribution in [1.82, 2.24) is 0 Å². The van der Waals surface area contributed by atoms with Crippen LogP contribution in [0.2, 0.25) is 0 Å². The Morgan fingerprint density at radius 3 is 2.07 bits per heavy atom. The van der Waals surface area contributed by atoms with Crippen LogP contribution in [-0.2, 0) is 21.2 Å². The fraction of sp³-hybridized carbons (Fsp3) is 0.136. The minimum Gasteiger partial charge on any atom is -0.326 e. The largest absolute Gasteiger partial charge is 0.326 e. The Morgan fingerprint density at radius 1 is 0.862 bits per heavy atom. The second-order valence-corrected chi connectivity index (χ2v) is 8.35. The van der Waals surface area contributed by atoms with Gasteiger partial charge in [-0.3, -0.25) is 9.52 Å². The predicted molar refractivity (Wildman–Crippen MR) is 112 cm³/mol. The summed E-state index contributed by atoms with van der Waals surface area (Å²) in [5.41, 5.74) is 2.81. The van der Waals surface area contributed by atoms with Crippen LogP contribution in [-0.4, -0.2) is 14.3 Å². The molecular formula is C22H21FN2O3S. The highest BCUT2D eigenvalue weighted by Crippen LogP contribution is 2.19. The molecule has 0 saturated heterocycles. The third kappa shape index (κ3) is 5.89. The van der Waals surface area contributed by atoms with Crippen LogP contribution in [0, 0.1) is 12.7 Å². The van der Waals surface area contributed by atoms with Gasteiger partial charge in [-0.1, -0.05) is 29.8 Å². The summed E-state index contributed by atoms with van der Waals surface area (Å²) in [6, 6.07) is 19.0. The minimum absolute atomic E-state index is 0.178. The zero-order valence-electron chi connectivity index (χ0n) is 15.9. The van der Waals surface area contributed by atoms with Crippen molar-refractivity contribution in [1.29, 1.82) is 0 Å². The molecule has 0 unspecified atom stereocenters. The van der Waals surface area contributed by atoms with Crippen molar-refractivity contribution in [2.75, 3.05) is 10.0 Å². The molecule has 0 spiro atoms. The zero-order valence-corrected chi connectivity index (χ0v) is 16.7. The molecule has 7 heteroatoms. The molecule has 150 valence electrons. The number of benzene rings is 3. The number of nitrogens with one attached hydrogen (secondary N) is 2. The normalized spacial score (nSPS) is 11.1. The van der Waals surface area contributed by atoms with E-state index in [4.69, 9.17) is 0 Å². The van der Waals surface area contributed by atoms with E-state index in [1.54, 1.807) is 60.7 Å². The van der Waals surface area contributed by atoms with Crippen LogP contribution in [0.4, 0.5) is 15.8 Å². The van der Waals surface area contributed by atoms with Gasteiger partial charge >= 0.3 is 0 Å². The summed E-state index contributed by atoms with van der Waals surface area (Å²) in [5, 5.41) is 2.76. The lowest BCUT2D eigenvalue weighted by Gasteiger charge is -2.10. The lowest BCUT2D eigenvalue weighted by Crippen LogP contribution is -2.14. The molecule has 29 heavy (non-hydrogen) atoms. The molecule has 0 aliphatic rings. The predicted octanol–water partition coefficient (Wildman–Crippen LogP) is 4.51. The van der Waals surface area contributed by atoms with E-state index in [9.17, 15) is 17.6 Å². The fourth-order valence-electron chi connectivity index (χ4n) is 2.69. The highest BCUT2D eigenvalue weighted by Gasteiger charge is 2.13. The first-order valence-electron chi connectivity index (χ1n) is 9.06. The summed E-state index contributed by atoms with van der Waals surface area (Å²) in [6.45, 7) is 1.89. The van der Waals surface area contributed by atoms with Crippen LogP contribution in [0.5, 0.6) is 0 Å². The van der Waals surface area contributed by atoms with E-state index in [1.807, 2.05) is 6.92 Å². The summed E-state index contributed by atoms with van der Waals surface area (Å²) >= 11 is 0. The maximum Gasteiger partial charge on any atom is 0.261 e. The standard InChI is InChI=1S/C22H21FN2O3S/c1-16-2-13-21(14-3-16)29(27,28)25-20-11-9-19(10-12-20)24-22(26)15-6-17-4-7-18(23)8-5-17/h2-5,7-14,25H,6,15H2,1H3,(H,24,26). The van der Waals surface area contributed by atoms with E-state index in [1.165, 1.54) is 12.1 Å². The number of halogens is 1. The highest BCUT2D eigenvalue weighted by atomic mass is 32.2. The monoisotopic (exact) mass is 412 g/mol. The summed E-state index contributed by atoms with van der Waals surface area (Å²) in [5.74, 6) is -0.487. The molecule has 0 radical (unpaired) electrons. The molecule has 1 amide bonds. The van der Waals surface area contributed by atoms with Crippen LogP contribution < -0.4 is 10.0 Å². The molecule has 0 heterocycles. The van der Waals surface area contributed by atoms with Gasteiger partial charge in [0.25, 0.3) is 10.0 Å². The van der Waals surface area contributed by atoms with Crippen LogP contribution in [0.15, 0.2) is 77.7 Å². The topological polar surface area (TPSA) is 75.3 Å². The molecule has 0 fully saturated rings. The second-order valence-electron chi connectivity index (χ2n) is 6.67. The maximum absolute atomic E-state index is 12.9. The van der Waals surface area contributed by atoms with Crippen LogP contribution in [0.3, 0.4) is 0 Å². The van der Waals surface area contributed by atoms with Gasteiger partial charge in [-0.05, 0) is 67.4 Å². The molecule has 5 nitrogen and oxygen atoms in total.